The monoisotopic (exact) mass is 329 g/mol. The first-order valence-corrected chi connectivity index (χ1v) is 8.24. The van der Waals surface area contributed by atoms with E-state index in [0.717, 1.165) is 35.7 Å². The summed E-state index contributed by atoms with van der Waals surface area (Å²) < 4.78 is 16.3. The quantitative estimate of drug-likeness (QED) is 0.804. The van der Waals surface area contributed by atoms with Gasteiger partial charge in [0.05, 0.1) is 21.3 Å². The van der Waals surface area contributed by atoms with Crippen molar-refractivity contribution in [3.8, 4) is 17.2 Å². The van der Waals surface area contributed by atoms with Crippen LogP contribution >= 0.6 is 0 Å². The van der Waals surface area contributed by atoms with E-state index in [1.54, 1.807) is 21.3 Å². The van der Waals surface area contributed by atoms with Gasteiger partial charge in [-0.3, -0.25) is 0 Å². The minimum absolute atomic E-state index is 0.145. The highest BCUT2D eigenvalue weighted by Crippen LogP contribution is 2.34. The smallest absolute Gasteiger partial charge is 0.126 e. The Morgan fingerprint density at radius 1 is 0.917 bits per heavy atom. The lowest BCUT2D eigenvalue weighted by molar-refractivity contribution is 0.387. The summed E-state index contributed by atoms with van der Waals surface area (Å²) in [5, 5.41) is 0. The van der Waals surface area contributed by atoms with Crippen LogP contribution in [0.1, 0.15) is 29.5 Å². The van der Waals surface area contributed by atoms with Crippen molar-refractivity contribution in [2.45, 2.75) is 25.7 Å². The maximum Gasteiger partial charge on any atom is 0.126 e. The Labute approximate surface area is 144 Å². The van der Waals surface area contributed by atoms with Crippen LogP contribution in [0.25, 0.3) is 0 Å². The van der Waals surface area contributed by atoms with E-state index in [0.29, 0.717) is 6.54 Å². The van der Waals surface area contributed by atoms with Gasteiger partial charge in [-0.05, 0) is 48.2 Å². The average molecular weight is 329 g/mol. The van der Waals surface area contributed by atoms with Gasteiger partial charge in [0.25, 0.3) is 0 Å². The number of ether oxygens (including phenoxy) is 3. The summed E-state index contributed by atoms with van der Waals surface area (Å²) in [5.41, 5.74) is 9.64. The van der Waals surface area contributed by atoms with Crippen LogP contribution in [0, 0.1) is 0 Å². The first kappa shape index (κ1) is 18.1. The summed E-state index contributed by atoms with van der Waals surface area (Å²) in [6, 6.07) is 12.2. The summed E-state index contributed by atoms with van der Waals surface area (Å²) >= 11 is 0. The van der Waals surface area contributed by atoms with E-state index in [4.69, 9.17) is 19.9 Å². The molecule has 0 radical (unpaired) electrons. The highest BCUT2D eigenvalue weighted by molar-refractivity contribution is 5.45. The van der Waals surface area contributed by atoms with Crippen molar-refractivity contribution in [2.75, 3.05) is 27.9 Å². The molecule has 24 heavy (non-hydrogen) atoms. The third-order valence-corrected chi connectivity index (χ3v) is 4.38. The molecule has 1 atom stereocenters. The second-order valence-electron chi connectivity index (χ2n) is 5.74. The van der Waals surface area contributed by atoms with Crippen molar-refractivity contribution in [1.82, 2.24) is 0 Å². The minimum Gasteiger partial charge on any atom is -0.497 e. The number of rotatable bonds is 8. The molecule has 2 rings (SSSR count). The summed E-state index contributed by atoms with van der Waals surface area (Å²) in [5.74, 6) is 2.62. The van der Waals surface area contributed by atoms with Gasteiger partial charge < -0.3 is 19.9 Å². The molecule has 4 heteroatoms. The van der Waals surface area contributed by atoms with Crippen LogP contribution in [-0.2, 0) is 12.8 Å². The van der Waals surface area contributed by atoms with Gasteiger partial charge in [0.2, 0.25) is 0 Å². The molecule has 0 aliphatic heterocycles. The fourth-order valence-electron chi connectivity index (χ4n) is 2.95. The van der Waals surface area contributed by atoms with E-state index in [1.807, 2.05) is 24.3 Å². The van der Waals surface area contributed by atoms with Crippen LogP contribution in [0.4, 0.5) is 0 Å². The van der Waals surface area contributed by atoms with Crippen LogP contribution < -0.4 is 19.9 Å². The lowest BCUT2D eigenvalue weighted by Crippen LogP contribution is -2.16. The fourth-order valence-corrected chi connectivity index (χ4v) is 2.95. The molecular formula is C20H27NO3. The van der Waals surface area contributed by atoms with E-state index in [9.17, 15) is 0 Å². The molecule has 2 aromatic rings. The average Bonchev–Trinajstić information content (AvgIpc) is 2.65. The molecule has 2 aromatic carbocycles. The Bertz CT molecular complexity index is 670. The number of aryl methyl sites for hydroxylation is 1. The zero-order valence-corrected chi connectivity index (χ0v) is 15.0. The number of hydrogen-bond acceptors (Lipinski definition) is 4. The maximum atomic E-state index is 6.08. The number of methoxy groups -OCH3 is 3. The lowest BCUT2D eigenvalue weighted by atomic mass is 9.90. The lowest BCUT2D eigenvalue weighted by Gasteiger charge is -2.20. The maximum absolute atomic E-state index is 6.08. The fraction of sp³-hybridized carbons (Fsp3) is 0.400. The van der Waals surface area contributed by atoms with Gasteiger partial charge in [-0.15, -0.1) is 0 Å². The highest BCUT2D eigenvalue weighted by atomic mass is 16.5. The van der Waals surface area contributed by atoms with Crippen molar-refractivity contribution < 1.29 is 14.2 Å². The normalized spacial score (nSPS) is 11.9. The molecule has 0 fully saturated rings. The third-order valence-electron chi connectivity index (χ3n) is 4.38. The van der Waals surface area contributed by atoms with E-state index in [1.165, 1.54) is 11.1 Å². The largest absolute Gasteiger partial charge is 0.497 e. The highest BCUT2D eigenvalue weighted by Gasteiger charge is 2.18. The molecule has 0 saturated carbocycles. The van der Waals surface area contributed by atoms with E-state index in [-0.39, 0.29) is 5.92 Å². The third kappa shape index (κ3) is 4.01. The van der Waals surface area contributed by atoms with Gasteiger partial charge in [0.1, 0.15) is 17.2 Å². The zero-order chi connectivity index (χ0) is 17.5. The van der Waals surface area contributed by atoms with Crippen LogP contribution in [0.2, 0.25) is 0 Å². The van der Waals surface area contributed by atoms with Crippen LogP contribution in [0.5, 0.6) is 17.2 Å². The summed E-state index contributed by atoms with van der Waals surface area (Å²) in [6.45, 7) is 2.68. The number of hydrogen-bond donors (Lipinski definition) is 1. The first-order chi connectivity index (χ1) is 11.7. The Morgan fingerprint density at radius 2 is 1.67 bits per heavy atom. The molecule has 0 saturated heterocycles. The number of nitrogens with two attached hydrogens (primary N) is 1. The van der Waals surface area contributed by atoms with Crippen molar-refractivity contribution in [1.29, 1.82) is 0 Å². The van der Waals surface area contributed by atoms with Crippen LogP contribution in [0.3, 0.4) is 0 Å². The van der Waals surface area contributed by atoms with Gasteiger partial charge in [0.15, 0.2) is 0 Å². The molecule has 130 valence electrons. The van der Waals surface area contributed by atoms with E-state index in [2.05, 4.69) is 19.1 Å². The second kappa shape index (κ2) is 8.60. The molecule has 1 unspecified atom stereocenters. The molecule has 0 aliphatic carbocycles. The standard InChI is InChI=1S/C20H27NO3/c1-5-14-6-9-19(23-3)15(10-14)11-16(13-21)18-8-7-17(22-2)12-20(18)24-4/h6-10,12,16H,5,11,13,21H2,1-4H3. The van der Waals surface area contributed by atoms with Crippen LogP contribution in [0.15, 0.2) is 36.4 Å². The molecule has 0 aromatic heterocycles. The minimum atomic E-state index is 0.145. The molecular weight excluding hydrogens is 302 g/mol. The Balaban J connectivity index is 2.36. The molecule has 2 N–H and O–H groups in total. The Morgan fingerprint density at radius 3 is 2.25 bits per heavy atom. The van der Waals surface area contributed by atoms with Gasteiger partial charge in [-0.2, -0.15) is 0 Å². The summed E-state index contributed by atoms with van der Waals surface area (Å²) in [6.07, 6.45) is 1.80. The molecule has 0 bridgehead atoms. The van der Waals surface area contributed by atoms with Crippen LogP contribution in [-0.4, -0.2) is 27.9 Å². The predicted molar refractivity (Wildman–Crippen MR) is 97.4 cm³/mol. The predicted octanol–water partition coefficient (Wildman–Crippen LogP) is 3.56. The molecule has 0 amide bonds. The molecule has 0 heterocycles. The van der Waals surface area contributed by atoms with Crippen molar-refractivity contribution in [2.24, 2.45) is 5.73 Å². The summed E-state index contributed by atoms with van der Waals surface area (Å²) in [4.78, 5) is 0. The zero-order valence-electron chi connectivity index (χ0n) is 15.0. The van der Waals surface area contributed by atoms with Gasteiger partial charge >= 0.3 is 0 Å². The van der Waals surface area contributed by atoms with Gasteiger partial charge in [-0.25, -0.2) is 0 Å². The second-order valence-corrected chi connectivity index (χ2v) is 5.74. The van der Waals surface area contributed by atoms with Crippen molar-refractivity contribution >= 4 is 0 Å². The number of benzene rings is 2. The molecule has 0 spiro atoms. The SMILES string of the molecule is CCc1ccc(OC)c(CC(CN)c2ccc(OC)cc2OC)c1. The van der Waals surface area contributed by atoms with E-state index >= 15 is 0 Å². The molecule has 0 aliphatic rings. The molecule has 4 nitrogen and oxygen atoms in total. The van der Waals surface area contributed by atoms with E-state index < -0.39 is 0 Å². The van der Waals surface area contributed by atoms with Gasteiger partial charge in [-0.1, -0.05) is 25.1 Å². The van der Waals surface area contributed by atoms with Gasteiger partial charge in [0, 0.05) is 12.0 Å². The first-order valence-electron chi connectivity index (χ1n) is 8.24. The summed E-state index contributed by atoms with van der Waals surface area (Å²) in [7, 11) is 5.02. The Kier molecular flexibility index (Phi) is 6.50. The Hall–Kier alpha value is -2.20. The van der Waals surface area contributed by atoms with Crippen molar-refractivity contribution in [3.05, 3.63) is 53.1 Å². The topological polar surface area (TPSA) is 53.7 Å². The van der Waals surface area contributed by atoms with Crippen molar-refractivity contribution in [3.63, 3.8) is 0 Å².